The normalized spacial score (nSPS) is 30.4. The third-order valence-electron chi connectivity index (χ3n) is 3.44. The van der Waals surface area contributed by atoms with Crippen molar-refractivity contribution >= 4 is 5.78 Å². The van der Waals surface area contributed by atoms with Gasteiger partial charge in [0.1, 0.15) is 5.78 Å². The number of ether oxygens (including phenoxy) is 2. The minimum Gasteiger partial charge on any atom is -0.355 e. The maximum Gasteiger partial charge on any atom is 0.166 e. The van der Waals surface area contributed by atoms with Crippen LogP contribution in [-0.2, 0) is 14.3 Å². The van der Waals surface area contributed by atoms with Crippen LogP contribution in [0.4, 0.5) is 0 Å². The fourth-order valence-electron chi connectivity index (χ4n) is 2.41. The molecule has 2 rings (SSSR count). The second-order valence-corrected chi connectivity index (χ2v) is 4.13. The van der Waals surface area contributed by atoms with Gasteiger partial charge < -0.3 is 9.47 Å². The Morgan fingerprint density at radius 3 is 2.31 bits per heavy atom. The number of ketones is 1. The predicted octanol–water partition coefficient (Wildman–Crippen LogP) is 1.36. The zero-order valence-electron chi connectivity index (χ0n) is 8.21. The highest BCUT2D eigenvalue weighted by molar-refractivity contribution is 5.91. The first-order valence-electron chi connectivity index (χ1n) is 4.83. The number of methoxy groups -OCH3 is 2. The summed E-state index contributed by atoms with van der Waals surface area (Å²) in [6.45, 7) is 0. The first-order chi connectivity index (χ1) is 6.23. The molecule has 0 amide bonds. The number of rotatable bonds is 3. The lowest BCUT2D eigenvalue weighted by Crippen LogP contribution is -2.30. The summed E-state index contributed by atoms with van der Waals surface area (Å²) in [6, 6.07) is 0. The molecule has 1 unspecified atom stereocenters. The van der Waals surface area contributed by atoms with Crippen LogP contribution in [0.15, 0.2) is 0 Å². The molecule has 2 fully saturated rings. The van der Waals surface area contributed by atoms with Gasteiger partial charge in [0.2, 0.25) is 0 Å². The van der Waals surface area contributed by atoms with Crippen molar-refractivity contribution in [3.8, 4) is 0 Å². The van der Waals surface area contributed by atoms with Gasteiger partial charge in [-0.25, -0.2) is 0 Å². The third-order valence-corrected chi connectivity index (χ3v) is 3.44. The van der Waals surface area contributed by atoms with Crippen LogP contribution in [0.1, 0.15) is 25.7 Å². The van der Waals surface area contributed by atoms with Crippen LogP contribution in [0.5, 0.6) is 0 Å². The lowest BCUT2D eigenvalue weighted by Gasteiger charge is -2.19. The summed E-state index contributed by atoms with van der Waals surface area (Å²) in [4.78, 5) is 11.9. The summed E-state index contributed by atoms with van der Waals surface area (Å²) in [5.41, 5.74) is 0.0555. The van der Waals surface area contributed by atoms with Crippen molar-refractivity contribution in [1.82, 2.24) is 0 Å². The summed E-state index contributed by atoms with van der Waals surface area (Å²) >= 11 is 0. The van der Waals surface area contributed by atoms with E-state index in [1.54, 1.807) is 14.2 Å². The Morgan fingerprint density at radius 2 is 1.92 bits per heavy atom. The SMILES string of the molecule is COC(OC)C1CCC2(CC2)C1=O. The van der Waals surface area contributed by atoms with Crippen LogP contribution in [0, 0.1) is 11.3 Å². The van der Waals surface area contributed by atoms with Gasteiger partial charge >= 0.3 is 0 Å². The molecule has 3 heteroatoms. The summed E-state index contributed by atoms with van der Waals surface area (Å²) in [7, 11) is 3.19. The van der Waals surface area contributed by atoms with Crippen molar-refractivity contribution in [1.29, 1.82) is 0 Å². The average molecular weight is 184 g/mol. The van der Waals surface area contributed by atoms with E-state index in [0.29, 0.717) is 5.78 Å². The van der Waals surface area contributed by atoms with Gasteiger partial charge in [-0.3, -0.25) is 4.79 Å². The number of Topliss-reactive ketones (excluding diaryl/α,β-unsaturated/α-hetero) is 1. The van der Waals surface area contributed by atoms with Gasteiger partial charge in [-0.2, -0.15) is 0 Å². The molecule has 74 valence electrons. The lowest BCUT2D eigenvalue weighted by atomic mass is 10.0. The first-order valence-corrected chi connectivity index (χ1v) is 4.83. The topological polar surface area (TPSA) is 35.5 Å². The van der Waals surface area contributed by atoms with E-state index in [2.05, 4.69) is 0 Å². The first kappa shape index (κ1) is 9.16. The van der Waals surface area contributed by atoms with Gasteiger partial charge in [-0.1, -0.05) is 0 Å². The molecule has 0 heterocycles. The van der Waals surface area contributed by atoms with E-state index in [1.165, 1.54) is 0 Å². The molecular formula is C10H16O3. The van der Waals surface area contributed by atoms with Crippen LogP contribution in [0.3, 0.4) is 0 Å². The standard InChI is InChI=1S/C10H16O3/c1-12-9(13-2)7-3-4-10(5-6-10)8(7)11/h7,9H,3-6H2,1-2H3. The molecule has 1 spiro atoms. The second kappa shape index (κ2) is 3.07. The molecule has 0 aromatic carbocycles. The number of carbonyl (C=O) groups is 1. The van der Waals surface area contributed by atoms with Gasteiger partial charge in [-0.05, 0) is 25.7 Å². The molecule has 0 N–H and O–H groups in total. The zero-order chi connectivity index (χ0) is 9.47. The molecule has 0 aromatic heterocycles. The fourth-order valence-corrected chi connectivity index (χ4v) is 2.41. The van der Waals surface area contributed by atoms with E-state index in [0.717, 1.165) is 25.7 Å². The molecule has 0 saturated heterocycles. The largest absolute Gasteiger partial charge is 0.355 e. The van der Waals surface area contributed by atoms with Gasteiger partial charge in [0, 0.05) is 19.6 Å². The van der Waals surface area contributed by atoms with Gasteiger partial charge in [-0.15, -0.1) is 0 Å². The monoisotopic (exact) mass is 184 g/mol. The smallest absolute Gasteiger partial charge is 0.166 e. The minimum atomic E-state index is -0.326. The molecule has 0 radical (unpaired) electrons. The molecule has 3 nitrogen and oxygen atoms in total. The highest BCUT2D eigenvalue weighted by atomic mass is 16.7. The van der Waals surface area contributed by atoms with Crippen LogP contribution in [0.2, 0.25) is 0 Å². The molecule has 2 saturated carbocycles. The molecule has 1 atom stereocenters. The Bertz CT molecular complexity index is 216. The molecule has 0 aromatic rings. The predicted molar refractivity (Wildman–Crippen MR) is 47.2 cm³/mol. The lowest BCUT2D eigenvalue weighted by molar-refractivity contribution is -0.154. The Morgan fingerprint density at radius 1 is 1.31 bits per heavy atom. The maximum absolute atomic E-state index is 11.9. The summed E-state index contributed by atoms with van der Waals surface area (Å²) in [5.74, 6) is 0.360. The number of hydrogen-bond acceptors (Lipinski definition) is 3. The average Bonchev–Trinajstić information content (AvgIpc) is 2.85. The van der Waals surface area contributed by atoms with Crippen molar-refractivity contribution < 1.29 is 14.3 Å². The maximum atomic E-state index is 11.9. The van der Waals surface area contributed by atoms with E-state index in [4.69, 9.17) is 9.47 Å². The molecule has 0 bridgehead atoms. The number of carbonyl (C=O) groups excluding carboxylic acids is 1. The molecule has 13 heavy (non-hydrogen) atoms. The Kier molecular flexibility index (Phi) is 2.16. The summed E-state index contributed by atoms with van der Waals surface area (Å²) in [5, 5.41) is 0. The second-order valence-electron chi connectivity index (χ2n) is 4.13. The number of hydrogen-bond donors (Lipinski definition) is 0. The molecule has 0 aliphatic heterocycles. The van der Waals surface area contributed by atoms with E-state index >= 15 is 0 Å². The van der Waals surface area contributed by atoms with Crippen molar-refractivity contribution in [2.24, 2.45) is 11.3 Å². The third kappa shape index (κ3) is 1.30. The summed E-state index contributed by atoms with van der Waals surface area (Å²) in [6.07, 6.45) is 3.82. The zero-order valence-corrected chi connectivity index (χ0v) is 8.21. The van der Waals surface area contributed by atoms with Crippen LogP contribution in [0.25, 0.3) is 0 Å². The molecule has 2 aliphatic rings. The van der Waals surface area contributed by atoms with Crippen molar-refractivity contribution in [2.75, 3.05) is 14.2 Å². The Hall–Kier alpha value is -0.410. The molecule has 2 aliphatic carbocycles. The van der Waals surface area contributed by atoms with Crippen LogP contribution < -0.4 is 0 Å². The molecular weight excluding hydrogens is 168 g/mol. The van der Waals surface area contributed by atoms with E-state index in [1.807, 2.05) is 0 Å². The van der Waals surface area contributed by atoms with Crippen molar-refractivity contribution in [3.63, 3.8) is 0 Å². The summed E-state index contributed by atoms with van der Waals surface area (Å²) < 4.78 is 10.3. The van der Waals surface area contributed by atoms with Gasteiger partial charge in [0.25, 0.3) is 0 Å². The Labute approximate surface area is 78.4 Å². The van der Waals surface area contributed by atoms with Gasteiger partial charge in [0.05, 0.1) is 5.92 Å². The van der Waals surface area contributed by atoms with Crippen LogP contribution >= 0.6 is 0 Å². The highest BCUT2D eigenvalue weighted by Crippen LogP contribution is 2.57. The van der Waals surface area contributed by atoms with E-state index < -0.39 is 0 Å². The highest BCUT2D eigenvalue weighted by Gasteiger charge is 2.57. The Balaban J connectivity index is 2.05. The quantitative estimate of drug-likeness (QED) is 0.621. The van der Waals surface area contributed by atoms with Crippen molar-refractivity contribution in [2.45, 2.75) is 32.0 Å². The van der Waals surface area contributed by atoms with Crippen molar-refractivity contribution in [3.05, 3.63) is 0 Å². The van der Waals surface area contributed by atoms with Gasteiger partial charge in [0.15, 0.2) is 6.29 Å². The fraction of sp³-hybridized carbons (Fsp3) is 0.900. The minimum absolute atomic E-state index is 0.0162. The van der Waals surface area contributed by atoms with Crippen LogP contribution in [-0.4, -0.2) is 26.3 Å². The van der Waals surface area contributed by atoms with E-state index in [9.17, 15) is 4.79 Å². The van der Waals surface area contributed by atoms with E-state index in [-0.39, 0.29) is 17.6 Å².